The summed E-state index contributed by atoms with van der Waals surface area (Å²) in [6.07, 6.45) is 7.96. The van der Waals surface area contributed by atoms with Crippen molar-refractivity contribution in [1.82, 2.24) is 39.2 Å². The molecular formula is C38H48F3N9O2. The molecule has 5 aromatic heterocycles. The van der Waals surface area contributed by atoms with Crippen molar-refractivity contribution < 1.29 is 13.2 Å². The standard InChI is InChI=1S/C22H25F2N5O.C15H19FN4O.CH4/c1-15-19(24)10-16(12-25-15)13-26-18-4-6-28(7-5-18)8-9-29-21-11-17(23)14-27-20(21)2-3-22(29)30;16-11-9-14-13(18-10-11)1-2-15(21)20(14)8-7-19-5-3-12(17)4-6-19;/h2-3,10-12,14,18,26H,4-9,13H2,1H3;1-2,9-10,12H,3-8,17H2;1H4. The first-order chi connectivity index (χ1) is 24.6. The number of hydrogen-bond acceptors (Lipinski definition) is 9. The van der Waals surface area contributed by atoms with Crippen LogP contribution in [0.4, 0.5) is 13.2 Å². The number of aromatic nitrogens is 5. The number of likely N-dealkylation sites (tertiary alicyclic amines) is 2. The number of nitrogens with two attached hydrogens (primary N) is 1. The maximum atomic E-state index is 13.6. The van der Waals surface area contributed by atoms with Gasteiger partial charge >= 0.3 is 0 Å². The highest BCUT2D eigenvalue weighted by Gasteiger charge is 2.20. The molecule has 14 heteroatoms. The molecule has 0 atom stereocenters. The lowest BCUT2D eigenvalue weighted by atomic mass is 10.0. The molecule has 0 radical (unpaired) electrons. The molecule has 3 N–H and O–H groups in total. The van der Waals surface area contributed by atoms with Crippen molar-refractivity contribution in [2.24, 2.45) is 5.73 Å². The van der Waals surface area contributed by atoms with E-state index in [9.17, 15) is 22.8 Å². The predicted octanol–water partition coefficient (Wildman–Crippen LogP) is 4.23. The van der Waals surface area contributed by atoms with Crippen molar-refractivity contribution in [2.75, 3.05) is 39.3 Å². The first-order valence-corrected chi connectivity index (χ1v) is 17.5. The number of fused-ring (bicyclic) bond motifs is 2. The molecule has 5 aromatic rings. The molecule has 0 bridgehead atoms. The molecule has 7 heterocycles. The minimum absolute atomic E-state index is 0. The summed E-state index contributed by atoms with van der Waals surface area (Å²) >= 11 is 0. The monoisotopic (exact) mass is 719 g/mol. The summed E-state index contributed by atoms with van der Waals surface area (Å²) in [5, 5.41) is 3.48. The zero-order valence-electron chi connectivity index (χ0n) is 28.8. The average molecular weight is 720 g/mol. The number of halogens is 3. The van der Waals surface area contributed by atoms with Crippen LogP contribution in [-0.2, 0) is 19.6 Å². The van der Waals surface area contributed by atoms with Crippen molar-refractivity contribution in [3.8, 4) is 0 Å². The van der Waals surface area contributed by atoms with Crippen molar-refractivity contribution in [3.05, 3.63) is 110 Å². The second kappa shape index (κ2) is 17.8. The van der Waals surface area contributed by atoms with E-state index in [1.165, 1.54) is 36.5 Å². The van der Waals surface area contributed by atoms with Gasteiger partial charge in [0.1, 0.15) is 17.5 Å². The largest absolute Gasteiger partial charge is 0.328 e. The van der Waals surface area contributed by atoms with Crippen molar-refractivity contribution >= 4 is 22.1 Å². The minimum atomic E-state index is -0.447. The zero-order chi connectivity index (χ0) is 35.9. The lowest BCUT2D eigenvalue weighted by Gasteiger charge is -2.32. The third-order valence-corrected chi connectivity index (χ3v) is 9.79. The Morgan fingerprint density at radius 1 is 0.712 bits per heavy atom. The van der Waals surface area contributed by atoms with E-state index in [1.54, 1.807) is 34.4 Å². The van der Waals surface area contributed by atoms with Gasteiger partial charge in [-0.2, -0.15) is 0 Å². The van der Waals surface area contributed by atoms with Crippen LogP contribution in [0.15, 0.2) is 70.6 Å². The molecule has 2 aliphatic heterocycles. The van der Waals surface area contributed by atoms with Crippen molar-refractivity contribution in [3.63, 3.8) is 0 Å². The third kappa shape index (κ3) is 9.88. The first kappa shape index (κ1) is 38.7. The molecule has 278 valence electrons. The molecule has 11 nitrogen and oxygen atoms in total. The van der Waals surface area contributed by atoms with Crippen LogP contribution in [0.3, 0.4) is 0 Å². The highest BCUT2D eigenvalue weighted by Crippen LogP contribution is 2.15. The molecule has 0 saturated carbocycles. The first-order valence-electron chi connectivity index (χ1n) is 17.5. The molecule has 0 aromatic carbocycles. The van der Waals surface area contributed by atoms with Gasteiger partial charge in [0.05, 0.1) is 40.2 Å². The number of rotatable bonds is 9. The predicted molar refractivity (Wildman–Crippen MR) is 198 cm³/mol. The van der Waals surface area contributed by atoms with Crippen LogP contribution in [0.1, 0.15) is 44.4 Å². The van der Waals surface area contributed by atoms with Crippen LogP contribution >= 0.6 is 0 Å². The van der Waals surface area contributed by atoms with E-state index in [0.717, 1.165) is 76.7 Å². The maximum Gasteiger partial charge on any atom is 0.251 e. The Morgan fingerprint density at radius 3 is 1.71 bits per heavy atom. The van der Waals surface area contributed by atoms with E-state index in [-0.39, 0.29) is 24.4 Å². The third-order valence-electron chi connectivity index (χ3n) is 9.79. The molecule has 2 fully saturated rings. The number of hydrogen-bond donors (Lipinski definition) is 2. The summed E-state index contributed by atoms with van der Waals surface area (Å²) < 4.78 is 43.8. The van der Waals surface area contributed by atoms with Gasteiger partial charge in [-0.05, 0) is 82.5 Å². The molecule has 2 saturated heterocycles. The zero-order valence-corrected chi connectivity index (χ0v) is 28.8. The molecule has 52 heavy (non-hydrogen) atoms. The number of pyridine rings is 5. The SMILES string of the molecule is C.Cc1ncc(CNC2CCN(CCn3c(=O)ccc4ncc(F)cc43)CC2)cc1F.NC1CCN(CCn2c(=O)ccc3ncc(F)cc32)CC1. The normalized spacial score (nSPS) is 16.1. The van der Waals surface area contributed by atoms with E-state index in [4.69, 9.17) is 5.73 Å². The van der Waals surface area contributed by atoms with Gasteiger partial charge in [-0.3, -0.25) is 24.5 Å². The second-order valence-corrected chi connectivity index (χ2v) is 13.3. The van der Waals surface area contributed by atoms with Gasteiger partial charge in [-0.15, -0.1) is 0 Å². The Balaban J connectivity index is 0.000000209. The molecule has 0 amide bonds. The van der Waals surface area contributed by atoms with E-state index >= 15 is 0 Å². The van der Waals surface area contributed by atoms with Crippen LogP contribution < -0.4 is 22.2 Å². The Bertz CT molecular complexity index is 2070. The van der Waals surface area contributed by atoms with Crippen molar-refractivity contribution in [2.45, 2.75) is 71.8 Å². The van der Waals surface area contributed by atoms with Gasteiger partial charge in [0, 0.05) is 75.3 Å². The van der Waals surface area contributed by atoms with Gasteiger partial charge in [0.25, 0.3) is 11.1 Å². The second-order valence-electron chi connectivity index (χ2n) is 13.3. The summed E-state index contributed by atoms with van der Waals surface area (Å²) in [7, 11) is 0. The molecule has 0 unspecified atom stereocenters. The molecular weight excluding hydrogens is 671 g/mol. The summed E-state index contributed by atoms with van der Waals surface area (Å²) in [6, 6.07) is 11.1. The average Bonchev–Trinajstić information content (AvgIpc) is 3.13. The molecule has 0 spiro atoms. The highest BCUT2D eigenvalue weighted by atomic mass is 19.1. The fourth-order valence-corrected chi connectivity index (χ4v) is 6.67. The van der Waals surface area contributed by atoms with Crippen molar-refractivity contribution in [1.29, 1.82) is 0 Å². The van der Waals surface area contributed by atoms with Gasteiger partial charge in [0.15, 0.2) is 0 Å². The minimum Gasteiger partial charge on any atom is -0.328 e. The Hall–Kier alpha value is -4.50. The maximum absolute atomic E-state index is 13.6. The summed E-state index contributed by atoms with van der Waals surface area (Å²) in [6.45, 7) is 8.48. The van der Waals surface area contributed by atoms with Crippen LogP contribution in [-0.4, -0.2) is 85.2 Å². The molecule has 2 aliphatic rings. The summed E-state index contributed by atoms with van der Waals surface area (Å²) in [5.74, 6) is -1.15. The Labute approximate surface area is 301 Å². The smallest absolute Gasteiger partial charge is 0.251 e. The lowest BCUT2D eigenvalue weighted by molar-refractivity contribution is 0.191. The van der Waals surface area contributed by atoms with Gasteiger partial charge in [-0.1, -0.05) is 7.43 Å². The van der Waals surface area contributed by atoms with E-state index < -0.39 is 11.6 Å². The van der Waals surface area contributed by atoms with Crippen LogP contribution in [0.2, 0.25) is 0 Å². The van der Waals surface area contributed by atoms with Crippen LogP contribution in [0.5, 0.6) is 0 Å². The summed E-state index contributed by atoms with van der Waals surface area (Å²) in [5.41, 5.74) is 9.20. The molecule has 0 aliphatic carbocycles. The topological polar surface area (TPSA) is 127 Å². The van der Waals surface area contributed by atoms with Crippen LogP contribution in [0, 0.1) is 24.4 Å². The quantitative estimate of drug-likeness (QED) is 0.230. The van der Waals surface area contributed by atoms with Crippen LogP contribution in [0.25, 0.3) is 22.1 Å². The number of aryl methyl sites for hydroxylation is 1. The van der Waals surface area contributed by atoms with Gasteiger partial charge in [0.2, 0.25) is 0 Å². The van der Waals surface area contributed by atoms with Gasteiger partial charge in [-0.25, -0.2) is 13.2 Å². The van der Waals surface area contributed by atoms with Gasteiger partial charge < -0.3 is 30.0 Å². The Kier molecular flexibility index (Phi) is 13.3. The Morgan fingerprint density at radius 2 is 1.21 bits per heavy atom. The fraction of sp³-hybridized carbons (Fsp3) is 0.447. The van der Waals surface area contributed by atoms with E-state index in [2.05, 4.69) is 30.1 Å². The van der Waals surface area contributed by atoms with E-state index in [0.29, 0.717) is 59.5 Å². The fourth-order valence-electron chi connectivity index (χ4n) is 6.67. The lowest BCUT2D eigenvalue weighted by Crippen LogP contribution is -2.43. The number of piperidine rings is 2. The summed E-state index contributed by atoms with van der Waals surface area (Å²) in [4.78, 5) is 41.1. The molecule has 7 rings (SSSR count). The number of nitrogens with zero attached hydrogens (tertiary/aromatic N) is 7. The number of nitrogens with one attached hydrogen (secondary N) is 1. The highest BCUT2D eigenvalue weighted by molar-refractivity contribution is 5.74. The van der Waals surface area contributed by atoms with E-state index in [1.807, 2.05) is 0 Å².